The van der Waals surface area contributed by atoms with Crippen molar-refractivity contribution >= 4 is 47.4 Å². The highest BCUT2D eigenvalue weighted by Gasteiger charge is 2.31. The quantitative estimate of drug-likeness (QED) is 0.0451. The van der Waals surface area contributed by atoms with Crippen LogP contribution in [0.2, 0.25) is 0 Å². The number of carboxylic acid groups (broad SMARTS) is 1. The minimum Gasteiger partial charge on any atom is -0.480 e. The molecule has 0 radical (unpaired) electrons. The van der Waals surface area contributed by atoms with Crippen LogP contribution in [0.4, 0.5) is 0 Å². The first-order valence-electron chi connectivity index (χ1n) is 10.9. The number of nitrogens with two attached hydrogens (primary N) is 6. The van der Waals surface area contributed by atoms with E-state index >= 15 is 0 Å². The Kier molecular flexibility index (Phi) is 14.3. The second kappa shape index (κ2) is 16.2. The van der Waals surface area contributed by atoms with Gasteiger partial charge in [-0.15, -0.1) is 0 Å². The lowest BCUT2D eigenvalue weighted by molar-refractivity contribution is -0.144. The van der Waals surface area contributed by atoms with Crippen molar-refractivity contribution in [3.8, 4) is 0 Å². The fraction of sp³-hybridized carbons (Fsp3) is 0.579. The predicted octanol–water partition coefficient (Wildman–Crippen LogP) is -6.08. The van der Waals surface area contributed by atoms with E-state index in [1.54, 1.807) is 0 Å². The van der Waals surface area contributed by atoms with Crippen molar-refractivity contribution in [2.45, 2.75) is 62.7 Å². The van der Waals surface area contributed by atoms with Gasteiger partial charge in [-0.25, -0.2) is 4.79 Å². The number of carboxylic acids is 1. The number of carbonyl (C=O) groups is 7. The second-order valence-electron chi connectivity index (χ2n) is 7.92. The van der Waals surface area contributed by atoms with Crippen molar-refractivity contribution in [3.63, 3.8) is 0 Å². The highest BCUT2D eigenvalue weighted by atomic mass is 16.4. The molecule has 16 N–H and O–H groups in total. The number of nitrogens with one attached hydrogen (secondary N) is 3. The van der Waals surface area contributed by atoms with Crippen LogP contribution in [-0.2, 0) is 33.6 Å². The molecule has 0 spiro atoms. The fourth-order valence-corrected chi connectivity index (χ4v) is 2.84. The molecule has 0 heterocycles. The number of aliphatic imine (C=N–C) groups is 1. The van der Waals surface area contributed by atoms with Crippen LogP contribution in [0.15, 0.2) is 4.99 Å². The van der Waals surface area contributed by atoms with Crippen LogP contribution in [0.1, 0.15) is 38.5 Å². The third-order valence-electron chi connectivity index (χ3n) is 4.67. The SMILES string of the molecule is NC(=O)CCC(N)C(=O)NC(CC(N)=O)C(=O)NC(CCCN=C(N)N)C(=O)NC(CC(N)=O)C(=O)O. The molecule has 0 saturated heterocycles. The van der Waals surface area contributed by atoms with Gasteiger partial charge in [0.1, 0.15) is 18.1 Å². The van der Waals surface area contributed by atoms with Gasteiger partial charge in [-0.2, -0.15) is 0 Å². The number of aliphatic carboxylic acids is 1. The summed E-state index contributed by atoms with van der Waals surface area (Å²) in [4.78, 5) is 86.5. The number of guanidine groups is 1. The Morgan fingerprint density at radius 1 is 0.676 bits per heavy atom. The molecule has 0 aliphatic heterocycles. The molecule has 4 unspecified atom stereocenters. The molecule has 0 bridgehead atoms. The van der Waals surface area contributed by atoms with Gasteiger partial charge in [0.25, 0.3) is 0 Å². The predicted molar refractivity (Wildman–Crippen MR) is 127 cm³/mol. The summed E-state index contributed by atoms with van der Waals surface area (Å²) in [6.07, 6.45) is -1.74. The molecule has 6 amide bonds. The van der Waals surface area contributed by atoms with Crippen LogP contribution in [0.3, 0.4) is 0 Å². The monoisotopic (exact) mass is 530 g/mol. The van der Waals surface area contributed by atoms with Crippen molar-refractivity contribution in [2.24, 2.45) is 39.4 Å². The van der Waals surface area contributed by atoms with Crippen LogP contribution in [0.25, 0.3) is 0 Å². The maximum absolute atomic E-state index is 12.9. The number of nitrogens with zero attached hydrogens (tertiary/aromatic N) is 1. The lowest BCUT2D eigenvalue weighted by Crippen LogP contribution is -2.58. The van der Waals surface area contributed by atoms with E-state index in [-0.39, 0.29) is 38.2 Å². The van der Waals surface area contributed by atoms with E-state index in [1.807, 2.05) is 0 Å². The first kappa shape index (κ1) is 32.5. The van der Waals surface area contributed by atoms with Crippen molar-refractivity contribution in [1.82, 2.24) is 16.0 Å². The van der Waals surface area contributed by atoms with E-state index in [0.717, 1.165) is 0 Å². The van der Waals surface area contributed by atoms with Crippen LogP contribution >= 0.6 is 0 Å². The first-order chi connectivity index (χ1) is 17.1. The highest BCUT2D eigenvalue weighted by molar-refractivity contribution is 5.96. The van der Waals surface area contributed by atoms with Gasteiger partial charge in [-0.05, 0) is 19.3 Å². The van der Waals surface area contributed by atoms with Gasteiger partial charge in [0, 0.05) is 13.0 Å². The molecule has 0 rings (SSSR count). The lowest BCUT2D eigenvalue weighted by atomic mass is 10.1. The minimum absolute atomic E-state index is 0.0434. The molecule has 208 valence electrons. The Morgan fingerprint density at radius 2 is 1.16 bits per heavy atom. The summed E-state index contributed by atoms with van der Waals surface area (Å²) in [5.41, 5.74) is 31.3. The maximum Gasteiger partial charge on any atom is 0.326 e. The molecule has 18 nitrogen and oxygen atoms in total. The van der Waals surface area contributed by atoms with Gasteiger partial charge in [0.15, 0.2) is 5.96 Å². The molecule has 0 aromatic rings. The molecule has 0 aromatic heterocycles. The molecule has 0 saturated carbocycles. The second-order valence-corrected chi connectivity index (χ2v) is 7.92. The Morgan fingerprint density at radius 3 is 1.65 bits per heavy atom. The molecule has 0 aliphatic carbocycles. The fourth-order valence-electron chi connectivity index (χ4n) is 2.84. The average Bonchev–Trinajstić information content (AvgIpc) is 2.77. The van der Waals surface area contributed by atoms with Gasteiger partial charge < -0.3 is 55.5 Å². The topological polar surface area (TPSA) is 344 Å². The molecule has 0 aromatic carbocycles. The normalized spacial score (nSPS) is 13.6. The van der Waals surface area contributed by atoms with Gasteiger partial charge in [0.05, 0.1) is 18.9 Å². The summed E-state index contributed by atoms with van der Waals surface area (Å²) < 4.78 is 0. The Bertz CT molecular complexity index is 905. The van der Waals surface area contributed by atoms with E-state index in [0.29, 0.717) is 0 Å². The van der Waals surface area contributed by atoms with Gasteiger partial charge in [0.2, 0.25) is 35.4 Å². The average molecular weight is 531 g/mol. The number of rotatable bonds is 18. The molecule has 18 heteroatoms. The number of hydrogen-bond donors (Lipinski definition) is 10. The zero-order chi connectivity index (χ0) is 28.7. The van der Waals surface area contributed by atoms with Gasteiger partial charge in [-0.3, -0.25) is 33.8 Å². The van der Waals surface area contributed by atoms with Crippen LogP contribution < -0.4 is 50.4 Å². The van der Waals surface area contributed by atoms with Crippen molar-refractivity contribution in [3.05, 3.63) is 0 Å². The summed E-state index contributed by atoms with van der Waals surface area (Å²) in [5.74, 6) is -7.41. The van der Waals surface area contributed by atoms with E-state index in [2.05, 4.69) is 20.9 Å². The Balaban J connectivity index is 5.66. The van der Waals surface area contributed by atoms with E-state index < -0.39 is 78.4 Å². The molecular formula is C19H34N10O8. The summed E-state index contributed by atoms with van der Waals surface area (Å²) in [6, 6.07) is -5.92. The van der Waals surface area contributed by atoms with Crippen molar-refractivity contribution < 1.29 is 38.7 Å². The van der Waals surface area contributed by atoms with Crippen LogP contribution in [0, 0.1) is 0 Å². The number of amides is 6. The summed E-state index contributed by atoms with van der Waals surface area (Å²) in [5, 5.41) is 15.8. The smallest absolute Gasteiger partial charge is 0.326 e. The third kappa shape index (κ3) is 14.5. The summed E-state index contributed by atoms with van der Waals surface area (Å²) in [7, 11) is 0. The third-order valence-corrected chi connectivity index (χ3v) is 4.67. The molecule has 0 aliphatic rings. The number of primary amides is 3. The summed E-state index contributed by atoms with van der Waals surface area (Å²) in [6.45, 7) is 0.0434. The largest absolute Gasteiger partial charge is 0.480 e. The number of hydrogen-bond acceptors (Lipinski definition) is 9. The van der Waals surface area contributed by atoms with Crippen molar-refractivity contribution in [1.29, 1.82) is 0 Å². The highest BCUT2D eigenvalue weighted by Crippen LogP contribution is 2.04. The first-order valence-corrected chi connectivity index (χ1v) is 10.9. The maximum atomic E-state index is 12.9. The molecular weight excluding hydrogens is 496 g/mol. The van der Waals surface area contributed by atoms with Crippen molar-refractivity contribution in [2.75, 3.05) is 6.54 Å². The van der Waals surface area contributed by atoms with E-state index in [9.17, 15) is 38.7 Å². The molecule has 4 atom stereocenters. The Hall–Kier alpha value is -4.48. The van der Waals surface area contributed by atoms with Gasteiger partial charge >= 0.3 is 5.97 Å². The zero-order valence-electron chi connectivity index (χ0n) is 20.0. The number of carbonyl (C=O) groups excluding carboxylic acids is 6. The van der Waals surface area contributed by atoms with Gasteiger partial charge in [-0.1, -0.05) is 0 Å². The molecule has 0 fully saturated rings. The van der Waals surface area contributed by atoms with E-state index in [4.69, 9.17) is 34.4 Å². The minimum atomic E-state index is -1.69. The van der Waals surface area contributed by atoms with E-state index in [1.165, 1.54) is 0 Å². The van der Waals surface area contributed by atoms with Crippen LogP contribution in [0.5, 0.6) is 0 Å². The van der Waals surface area contributed by atoms with Crippen LogP contribution in [-0.4, -0.2) is 83.2 Å². The zero-order valence-corrected chi connectivity index (χ0v) is 20.0. The summed E-state index contributed by atoms with van der Waals surface area (Å²) >= 11 is 0. The molecule has 37 heavy (non-hydrogen) atoms. The Labute approximate surface area is 211 Å². The lowest BCUT2D eigenvalue weighted by Gasteiger charge is -2.24. The standard InChI is InChI=1S/C19H34N10O8/c20-8(3-4-12(21)30)15(33)28-10(6-13(22)31)17(35)27-9(2-1-5-26-19(24)25)16(34)29-11(18(36)37)7-14(23)32/h8-11H,1-7,20H2,(H2,21,30)(H2,22,31)(H2,23,32)(H,27,35)(H,28,33)(H,29,34)(H,36,37)(H4,24,25,26).